The molecule has 0 aromatic heterocycles. The lowest BCUT2D eigenvalue weighted by Gasteiger charge is -2.22. The van der Waals surface area contributed by atoms with Crippen molar-refractivity contribution in [3.8, 4) is 0 Å². The lowest BCUT2D eigenvalue weighted by molar-refractivity contribution is -0.0390. The van der Waals surface area contributed by atoms with E-state index in [4.69, 9.17) is 9.47 Å². The summed E-state index contributed by atoms with van der Waals surface area (Å²) in [6, 6.07) is 16.9. The van der Waals surface area contributed by atoms with Crippen molar-refractivity contribution in [2.45, 2.75) is 45.6 Å². The molecule has 2 N–H and O–H groups in total. The van der Waals surface area contributed by atoms with Crippen molar-refractivity contribution in [2.24, 2.45) is 4.99 Å². The second kappa shape index (κ2) is 12.8. The molecule has 1 aliphatic heterocycles. The summed E-state index contributed by atoms with van der Waals surface area (Å²) in [6.07, 6.45) is 2.32. The van der Waals surface area contributed by atoms with Gasteiger partial charge in [0.05, 0.1) is 12.7 Å². The number of ether oxygens (including phenoxy) is 2. The van der Waals surface area contributed by atoms with Gasteiger partial charge in [-0.05, 0) is 42.0 Å². The molecule has 0 atom stereocenters. The summed E-state index contributed by atoms with van der Waals surface area (Å²) in [4.78, 5) is 4.31. The number of hydrogen-bond acceptors (Lipinski definition) is 3. The van der Waals surface area contributed by atoms with Gasteiger partial charge in [0.2, 0.25) is 0 Å². The average Bonchev–Trinajstić information content (AvgIpc) is 2.75. The maximum absolute atomic E-state index is 5.98. The van der Waals surface area contributed by atoms with Crippen molar-refractivity contribution in [3.05, 3.63) is 70.8 Å². The molecule has 1 saturated heterocycles. The highest BCUT2D eigenvalue weighted by atomic mass is 127. The summed E-state index contributed by atoms with van der Waals surface area (Å²) in [6.45, 7) is 5.91. The van der Waals surface area contributed by atoms with E-state index in [0.29, 0.717) is 12.7 Å². The standard InChI is InChI=1S/C23H31N3O2.HI/c1-18-5-3-4-6-21(18)16-26-23(24-2)25-15-19-7-9-20(10-8-19)17-28-22-11-13-27-14-12-22;/h3-10,22H,11-17H2,1-2H3,(H2,24,25,26);1H. The Hall–Kier alpha value is -1.64. The van der Waals surface area contributed by atoms with Gasteiger partial charge >= 0.3 is 0 Å². The summed E-state index contributed by atoms with van der Waals surface area (Å²) in [7, 11) is 1.80. The van der Waals surface area contributed by atoms with E-state index < -0.39 is 0 Å². The quantitative estimate of drug-likeness (QED) is 0.334. The first-order valence-electron chi connectivity index (χ1n) is 10.0. The molecule has 0 saturated carbocycles. The van der Waals surface area contributed by atoms with Gasteiger partial charge in [-0.15, -0.1) is 24.0 Å². The van der Waals surface area contributed by atoms with Gasteiger partial charge in [0, 0.05) is 33.4 Å². The Morgan fingerprint density at radius 2 is 1.66 bits per heavy atom. The van der Waals surface area contributed by atoms with Crippen molar-refractivity contribution in [1.29, 1.82) is 0 Å². The zero-order valence-corrected chi connectivity index (χ0v) is 19.6. The number of rotatable bonds is 7. The van der Waals surface area contributed by atoms with Crippen molar-refractivity contribution in [1.82, 2.24) is 10.6 Å². The molecule has 0 unspecified atom stereocenters. The smallest absolute Gasteiger partial charge is 0.191 e. The number of aryl methyl sites for hydroxylation is 1. The van der Waals surface area contributed by atoms with Gasteiger partial charge in [-0.1, -0.05) is 48.5 Å². The van der Waals surface area contributed by atoms with Gasteiger partial charge in [-0.2, -0.15) is 0 Å². The molecule has 0 bridgehead atoms. The van der Waals surface area contributed by atoms with Gasteiger partial charge in [0.1, 0.15) is 0 Å². The summed E-state index contributed by atoms with van der Waals surface area (Å²) < 4.78 is 11.4. The minimum Gasteiger partial charge on any atom is -0.381 e. The summed E-state index contributed by atoms with van der Waals surface area (Å²) in [5, 5.41) is 6.75. The van der Waals surface area contributed by atoms with Crippen LogP contribution in [0.2, 0.25) is 0 Å². The Kier molecular flexibility index (Phi) is 10.5. The number of nitrogens with one attached hydrogen (secondary N) is 2. The second-order valence-corrected chi connectivity index (χ2v) is 7.15. The molecule has 0 amide bonds. The van der Waals surface area contributed by atoms with Gasteiger partial charge in [-0.3, -0.25) is 4.99 Å². The number of guanidine groups is 1. The zero-order chi connectivity index (χ0) is 19.6. The molecule has 1 heterocycles. The Morgan fingerprint density at radius 1 is 1.00 bits per heavy atom. The summed E-state index contributed by atoms with van der Waals surface area (Å²) in [5.41, 5.74) is 4.98. The molecule has 29 heavy (non-hydrogen) atoms. The van der Waals surface area contributed by atoms with Crippen LogP contribution in [0.25, 0.3) is 0 Å². The van der Waals surface area contributed by atoms with E-state index in [-0.39, 0.29) is 24.0 Å². The third kappa shape index (κ3) is 7.95. The number of aliphatic imine (C=N–C) groups is 1. The van der Waals surface area contributed by atoms with Gasteiger partial charge in [0.25, 0.3) is 0 Å². The first kappa shape index (κ1) is 23.6. The Labute approximate surface area is 191 Å². The number of hydrogen-bond donors (Lipinski definition) is 2. The van der Waals surface area contributed by atoms with Crippen LogP contribution in [-0.4, -0.2) is 32.3 Å². The maximum Gasteiger partial charge on any atom is 0.191 e. The summed E-state index contributed by atoms with van der Waals surface area (Å²) in [5.74, 6) is 0.801. The van der Waals surface area contributed by atoms with Crippen LogP contribution in [0.3, 0.4) is 0 Å². The van der Waals surface area contributed by atoms with Gasteiger partial charge in [-0.25, -0.2) is 0 Å². The maximum atomic E-state index is 5.98. The van der Waals surface area contributed by atoms with Crippen molar-refractivity contribution in [3.63, 3.8) is 0 Å². The van der Waals surface area contributed by atoms with Crippen LogP contribution in [0.5, 0.6) is 0 Å². The van der Waals surface area contributed by atoms with Crippen molar-refractivity contribution in [2.75, 3.05) is 20.3 Å². The second-order valence-electron chi connectivity index (χ2n) is 7.15. The summed E-state index contributed by atoms with van der Waals surface area (Å²) >= 11 is 0. The Balaban J connectivity index is 0.00000300. The van der Waals surface area contributed by atoms with E-state index in [2.05, 4.69) is 71.1 Å². The van der Waals surface area contributed by atoms with E-state index in [1.165, 1.54) is 22.3 Å². The highest BCUT2D eigenvalue weighted by Gasteiger charge is 2.13. The van der Waals surface area contributed by atoms with Crippen molar-refractivity contribution < 1.29 is 9.47 Å². The van der Waals surface area contributed by atoms with Crippen LogP contribution in [0.4, 0.5) is 0 Å². The molecule has 3 rings (SSSR count). The first-order chi connectivity index (χ1) is 13.7. The Bertz CT molecular complexity index is 759. The molecule has 5 nitrogen and oxygen atoms in total. The predicted octanol–water partition coefficient (Wildman–Crippen LogP) is 4.17. The Morgan fingerprint density at radius 3 is 2.34 bits per heavy atom. The molecule has 6 heteroatoms. The minimum atomic E-state index is 0. The molecule has 158 valence electrons. The average molecular weight is 509 g/mol. The highest BCUT2D eigenvalue weighted by Crippen LogP contribution is 2.14. The van der Waals surface area contributed by atoms with Gasteiger partial charge in [0.15, 0.2) is 5.96 Å². The lowest BCUT2D eigenvalue weighted by atomic mass is 10.1. The molecule has 2 aromatic rings. The fourth-order valence-electron chi connectivity index (χ4n) is 3.20. The topological polar surface area (TPSA) is 54.9 Å². The molecule has 0 aliphatic carbocycles. The number of nitrogens with zero attached hydrogens (tertiary/aromatic N) is 1. The van der Waals surface area contributed by atoms with Gasteiger partial charge < -0.3 is 20.1 Å². The highest BCUT2D eigenvalue weighted by molar-refractivity contribution is 14.0. The molecular formula is C23H32IN3O2. The number of halogens is 1. The van der Waals surface area contributed by atoms with E-state index >= 15 is 0 Å². The van der Waals surface area contributed by atoms with E-state index in [0.717, 1.165) is 45.1 Å². The minimum absolute atomic E-state index is 0. The fraction of sp³-hybridized carbons (Fsp3) is 0.435. The SMILES string of the molecule is CN=C(NCc1ccc(COC2CCOCC2)cc1)NCc1ccccc1C.I. The molecular weight excluding hydrogens is 477 g/mol. The van der Waals surface area contributed by atoms with Crippen LogP contribution < -0.4 is 10.6 Å². The monoisotopic (exact) mass is 509 g/mol. The third-order valence-electron chi connectivity index (χ3n) is 5.07. The predicted molar refractivity (Wildman–Crippen MR) is 129 cm³/mol. The molecule has 1 aliphatic rings. The fourth-order valence-corrected chi connectivity index (χ4v) is 3.20. The van der Waals surface area contributed by atoms with E-state index in [9.17, 15) is 0 Å². The molecule has 0 spiro atoms. The largest absolute Gasteiger partial charge is 0.381 e. The normalized spacial score (nSPS) is 14.9. The molecule has 1 fully saturated rings. The van der Waals surface area contributed by atoms with Crippen LogP contribution >= 0.6 is 24.0 Å². The van der Waals surface area contributed by atoms with Crippen LogP contribution in [0.1, 0.15) is 35.1 Å². The molecule has 2 aromatic carbocycles. The van der Waals surface area contributed by atoms with Crippen molar-refractivity contribution >= 4 is 29.9 Å². The zero-order valence-electron chi connectivity index (χ0n) is 17.3. The van der Waals surface area contributed by atoms with Crippen LogP contribution in [-0.2, 0) is 29.2 Å². The number of benzene rings is 2. The van der Waals surface area contributed by atoms with Crippen LogP contribution in [0, 0.1) is 6.92 Å². The van der Waals surface area contributed by atoms with E-state index in [1.54, 1.807) is 7.05 Å². The first-order valence-corrected chi connectivity index (χ1v) is 10.0. The van der Waals surface area contributed by atoms with E-state index in [1.807, 2.05) is 0 Å². The molecule has 0 radical (unpaired) electrons. The van der Waals surface area contributed by atoms with Crippen LogP contribution in [0.15, 0.2) is 53.5 Å². The third-order valence-corrected chi connectivity index (χ3v) is 5.07. The lowest BCUT2D eigenvalue weighted by Crippen LogP contribution is -2.36.